The smallest absolute Gasteiger partial charge is 0.298 e. The van der Waals surface area contributed by atoms with Gasteiger partial charge in [-0.2, -0.15) is 5.26 Å². The molecule has 0 spiro atoms. The second kappa shape index (κ2) is 6.94. The summed E-state index contributed by atoms with van der Waals surface area (Å²) in [5, 5.41) is 9.14. The van der Waals surface area contributed by atoms with Crippen molar-refractivity contribution >= 4 is 39.3 Å². The van der Waals surface area contributed by atoms with E-state index in [1.165, 1.54) is 22.2 Å². The maximum absolute atomic E-state index is 12.9. The van der Waals surface area contributed by atoms with E-state index in [-0.39, 0.29) is 28.9 Å². The maximum Gasteiger partial charge on any atom is 0.298 e. The van der Waals surface area contributed by atoms with E-state index in [4.69, 9.17) is 10.00 Å². The first kappa shape index (κ1) is 19.0. The Morgan fingerprint density at radius 1 is 1.46 bits per heavy atom. The van der Waals surface area contributed by atoms with Crippen LogP contribution >= 0.6 is 22.6 Å². The van der Waals surface area contributed by atoms with Crippen LogP contribution in [-0.4, -0.2) is 34.3 Å². The molecule has 0 saturated heterocycles. The lowest BCUT2D eigenvalue weighted by Gasteiger charge is -2.12. The Kier molecular flexibility index (Phi) is 4.72. The molecule has 1 aliphatic rings. The topological polar surface area (TPSA) is 123 Å². The molecule has 1 atom stereocenters. The van der Waals surface area contributed by atoms with Crippen molar-refractivity contribution in [1.82, 2.24) is 18.9 Å². The summed E-state index contributed by atoms with van der Waals surface area (Å²) in [5.41, 5.74) is -0.321. The van der Waals surface area contributed by atoms with Gasteiger partial charge in [-0.3, -0.25) is 13.8 Å². The second-order valence-corrected chi connectivity index (χ2v) is 8.72. The highest BCUT2D eigenvalue weighted by Gasteiger charge is 2.44. The lowest BCUT2D eigenvalue weighted by atomic mass is 10.1. The van der Waals surface area contributed by atoms with E-state index in [0.29, 0.717) is 5.65 Å². The predicted octanol–water partition coefficient (Wildman–Crippen LogP) is 1.96. The van der Waals surface area contributed by atoms with E-state index >= 15 is 0 Å². The Morgan fingerprint density at radius 2 is 2.21 bits per heavy atom. The Hall–Kier alpha value is -2.30. The number of pyridine rings is 1. The molecule has 0 aliphatic heterocycles. The molecule has 1 fully saturated rings. The molecule has 3 heterocycles. The first-order valence-corrected chi connectivity index (χ1v) is 10.4. The Labute approximate surface area is 175 Å². The summed E-state index contributed by atoms with van der Waals surface area (Å²) in [7, 11) is 1.49. The van der Waals surface area contributed by atoms with Gasteiger partial charge in [0.25, 0.3) is 11.6 Å². The highest BCUT2D eigenvalue weighted by atomic mass is 127. The number of ether oxygens (including phenoxy) is 1. The summed E-state index contributed by atoms with van der Waals surface area (Å²) < 4.78 is 30.9. The number of rotatable bonds is 5. The molecule has 1 saturated carbocycles. The van der Waals surface area contributed by atoms with Gasteiger partial charge in [0.2, 0.25) is 11.1 Å². The molecule has 0 radical (unpaired) electrons. The zero-order valence-electron chi connectivity index (χ0n) is 14.6. The third kappa shape index (κ3) is 3.21. The minimum absolute atomic E-state index is 0.00231. The molecule has 0 bridgehead atoms. The van der Waals surface area contributed by atoms with Crippen molar-refractivity contribution in [3.8, 4) is 23.3 Å². The molecule has 0 amide bonds. The van der Waals surface area contributed by atoms with Gasteiger partial charge in [-0.25, -0.2) is 14.2 Å². The summed E-state index contributed by atoms with van der Waals surface area (Å²) in [6.07, 6.45) is 4.48. The molecule has 28 heavy (non-hydrogen) atoms. The van der Waals surface area contributed by atoms with Crippen LogP contribution in [0.5, 0.6) is 6.01 Å². The van der Waals surface area contributed by atoms with Crippen LogP contribution < -0.4 is 10.3 Å². The minimum atomic E-state index is -2.37. The number of hydrogen-bond acceptors (Lipinski definition) is 6. The fourth-order valence-corrected chi connectivity index (χ4v) is 3.90. The second-order valence-electron chi connectivity index (χ2n) is 6.59. The van der Waals surface area contributed by atoms with Gasteiger partial charge < -0.3 is 9.29 Å². The molecule has 3 aromatic heterocycles. The third-order valence-corrected chi connectivity index (χ3v) is 6.01. The van der Waals surface area contributed by atoms with Gasteiger partial charge in [-0.1, -0.05) is 0 Å². The van der Waals surface area contributed by atoms with Crippen molar-refractivity contribution in [2.75, 3.05) is 6.61 Å². The van der Waals surface area contributed by atoms with Crippen LogP contribution in [0.25, 0.3) is 16.9 Å². The van der Waals surface area contributed by atoms with Crippen LogP contribution in [0.4, 0.5) is 0 Å². The van der Waals surface area contributed by atoms with Crippen molar-refractivity contribution in [2.24, 2.45) is 12.5 Å². The molecular formula is C17H14IN5O4S. The van der Waals surface area contributed by atoms with Crippen molar-refractivity contribution in [3.05, 3.63) is 38.5 Å². The van der Waals surface area contributed by atoms with Crippen LogP contribution in [0.1, 0.15) is 12.8 Å². The number of halogens is 1. The lowest BCUT2D eigenvalue weighted by molar-refractivity contribution is 0.237. The first-order valence-electron chi connectivity index (χ1n) is 8.24. The molecule has 4 rings (SSSR count). The quantitative estimate of drug-likeness (QED) is 0.411. The standard InChI is InChI=1S/C17H14IN5O4S/c1-22-14(24)11(6-20-16(22)27-9-17(8-19)4-5-17)13-15(28(25)26)23-7-10(18)2-3-12(23)21-13/h2-3,6-7H,4-5,9H2,1H3,(H,25,26). The van der Waals surface area contributed by atoms with Gasteiger partial charge in [-0.15, -0.1) is 0 Å². The Bertz CT molecular complexity index is 1220. The molecule has 3 aromatic rings. The van der Waals surface area contributed by atoms with Gasteiger partial charge in [-0.05, 0) is 47.6 Å². The number of imidazole rings is 1. The van der Waals surface area contributed by atoms with Gasteiger partial charge in [0.05, 0.1) is 17.0 Å². The van der Waals surface area contributed by atoms with Gasteiger partial charge in [0.1, 0.15) is 17.9 Å². The van der Waals surface area contributed by atoms with E-state index in [0.717, 1.165) is 16.4 Å². The van der Waals surface area contributed by atoms with Crippen LogP contribution in [0.3, 0.4) is 0 Å². The monoisotopic (exact) mass is 511 g/mol. The number of nitriles is 1. The first-order chi connectivity index (χ1) is 13.3. The molecule has 11 heteroatoms. The van der Waals surface area contributed by atoms with Gasteiger partial charge in [0.15, 0.2) is 5.03 Å². The number of fused-ring (bicyclic) bond motifs is 1. The molecule has 9 nitrogen and oxygen atoms in total. The van der Waals surface area contributed by atoms with E-state index in [9.17, 15) is 13.6 Å². The predicted molar refractivity (Wildman–Crippen MR) is 108 cm³/mol. The summed E-state index contributed by atoms with van der Waals surface area (Å²) in [6, 6.07) is 5.82. The number of aromatic nitrogens is 4. The third-order valence-electron chi connectivity index (χ3n) is 4.65. The fraction of sp³-hybridized carbons (Fsp3) is 0.294. The van der Waals surface area contributed by atoms with Gasteiger partial charge in [0, 0.05) is 23.0 Å². The van der Waals surface area contributed by atoms with E-state index in [2.05, 4.69) is 38.6 Å². The average Bonchev–Trinajstić information content (AvgIpc) is 3.35. The van der Waals surface area contributed by atoms with Crippen LogP contribution in [0.2, 0.25) is 0 Å². The summed E-state index contributed by atoms with van der Waals surface area (Å²) in [5.74, 6) is 0. The van der Waals surface area contributed by atoms with E-state index in [1.807, 2.05) is 6.07 Å². The molecule has 1 N–H and O–H groups in total. The van der Waals surface area contributed by atoms with E-state index < -0.39 is 22.1 Å². The molecule has 0 aromatic carbocycles. The van der Waals surface area contributed by atoms with E-state index in [1.54, 1.807) is 12.3 Å². The number of hydrogen-bond donors (Lipinski definition) is 1. The van der Waals surface area contributed by atoms with Crippen LogP contribution in [0.15, 0.2) is 34.3 Å². The summed E-state index contributed by atoms with van der Waals surface area (Å²) >= 11 is -0.282. The Morgan fingerprint density at radius 3 is 2.86 bits per heavy atom. The molecule has 1 aliphatic carbocycles. The zero-order valence-corrected chi connectivity index (χ0v) is 17.6. The SMILES string of the molecule is Cn1c(OCC2(C#N)CC2)ncc(-c2nc3ccc(I)cn3c2S(=O)O)c1=O. The zero-order chi connectivity index (χ0) is 20.1. The Balaban J connectivity index is 1.79. The van der Waals surface area contributed by atoms with Crippen molar-refractivity contribution in [2.45, 2.75) is 17.9 Å². The van der Waals surface area contributed by atoms with Crippen molar-refractivity contribution in [1.29, 1.82) is 5.26 Å². The highest BCUT2D eigenvalue weighted by Crippen LogP contribution is 2.44. The molecular weight excluding hydrogens is 497 g/mol. The molecule has 144 valence electrons. The van der Waals surface area contributed by atoms with Gasteiger partial charge >= 0.3 is 0 Å². The maximum atomic E-state index is 12.9. The van der Waals surface area contributed by atoms with Crippen molar-refractivity contribution in [3.63, 3.8) is 0 Å². The average molecular weight is 511 g/mol. The lowest BCUT2D eigenvalue weighted by Crippen LogP contribution is -2.24. The summed E-state index contributed by atoms with van der Waals surface area (Å²) in [4.78, 5) is 21.4. The normalized spacial score (nSPS) is 15.9. The highest BCUT2D eigenvalue weighted by molar-refractivity contribution is 14.1. The molecule has 1 unspecified atom stereocenters. The fourth-order valence-electron chi connectivity index (χ4n) is 2.81. The number of nitrogens with zero attached hydrogens (tertiary/aromatic N) is 5. The minimum Gasteiger partial charge on any atom is -0.463 e. The van der Waals surface area contributed by atoms with Crippen LogP contribution in [0, 0.1) is 20.3 Å². The summed E-state index contributed by atoms with van der Waals surface area (Å²) in [6.45, 7) is 0.168. The van der Waals surface area contributed by atoms with Crippen molar-refractivity contribution < 1.29 is 13.5 Å². The van der Waals surface area contributed by atoms with Crippen LogP contribution in [-0.2, 0) is 18.1 Å². The largest absolute Gasteiger partial charge is 0.463 e.